The van der Waals surface area contributed by atoms with Crippen LogP contribution in [0.5, 0.6) is 0 Å². The van der Waals surface area contributed by atoms with Crippen molar-refractivity contribution >= 4 is 46.6 Å². The number of rotatable bonds is 5. The van der Waals surface area contributed by atoms with Crippen LogP contribution in [0.15, 0.2) is 23.4 Å². The number of carbonyl (C=O) groups excluding carboxylic acids is 1. The van der Waals surface area contributed by atoms with Crippen LogP contribution in [-0.4, -0.2) is 26.4 Å². The highest BCUT2D eigenvalue weighted by Gasteiger charge is 2.28. The minimum Gasteiger partial charge on any atom is -0.325 e. The first-order valence-corrected chi connectivity index (χ1v) is 8.58. The smallest absolute Gasteiger partial charge is 0.234 e. The number of carbonyl (C=O) groups is 1. The number of nitrogens with one attached hydrogen (secondary N) is 1. The summed E-state index contributed by atoms with van der Waals surface area (Å²) in [6, 6.07) is 5.49. The Balaban J connectivity index is 1.59. The van der Waals surface area contributed by atoms with Gasteiger partial charge in [-0.05, 0) is 38.0 Å². The number of thioether (sulfide) groups is 1. The van der Waals surface area contributed by atoms with Crippen molar-refractivity contribution in [3.63, 3.8) is 0 Å². The molecule has 1 aromatic heterocycles. The summed E-state index contributed by atoms with van der Waals surface area (Å²) in [6.07, 6.45) is 2.31. The highest BCUT2D eigenvalue weighted by molar-refractivity contribution is 7.99. The van der Waals surface area contributed by atoms with Gasteiger partial charge in [-0.15, -0.1) is 10.2 Å². The Kier molecular flexibility index (Phi) is 4.61. The molecule has 1 N–H and O–H groups in total. The molecule has 3 rings (SSSR count). The molecule has 1 amide bonds. The topological polar surface area (TPSA) is 59.8 Å². The molecule has 1 fully saturated rings. The number of amides is 1. The van der Waals surface area contributed by atoms with Gasteiger partial charge >= 0.3 is 0 Å². The monoisotopic (exact) mass is 356 g/mol. The fraction of sp³-hybridized carbons (Fsp3) is 0.357. The molecule has 0 radical (unpaired) electrons. The van der Waals surface area contributed by atoms with E-state index in [0.29, 0.717) is 21.8 Å². The van der Waals surface area contributed by atoms with Gasteiger partial charge in [-0.25, -0.2) is 0 Å². The maximum atomic E-state index is 12.0. The number of hydrogen-bond donors (Lipinski definition) is 1. The van der Waals surface area contributed by atoms with Crippen LogP contribution in [0.2, 0.25) is 10.0 Å². The lowest BCUT2D eigenvalue weighted by atomic mass is 10.3. The normalized spacial score (nSPS) is 14.1. The van der Waals surface area contributed by atoms with Crippen molar-refractivity contribution < 1.29 is 4.79 Å². The molecule has 116 valence electrons. The van der Waals surface area contributed by atoms with E-state index in [1.165, 1.54) is 11.8 Å². The molecule has 1 aliphatic rings. The lowest BCUT2D eigenvalue weighted by Crippen LogP contribution is -2.14. The fourth-order valence-corrected chi connectivity index (χ4v) is 3.25. The highest BCUT2D eigenvalue weighted by Crippen LogP contribution is 2.38. The molecular weight excluding hydrogens is 343 g/mol. The number of halogens is 2. The third kappa shape index (κ3) is 3.56. The summed E-state index contributed by atoms with van der Waals surface area (Å²) >= 11 is 13.2. The SMILES string of the molecule is Cc1nnc(SCC(=O)Nc2ccc(Cl)c(Cl)c2)n1C1CC1. The first-order chi connectivity index (χ1) is 10.5. The van der Waals surface area contributed by atoms with Crippen molar-refractivity contribution in [2.45, 2.75) is 31.0 Å². The molecule has 5 nitrogen and oxygen atoms in total. The van der Waals surface area contributed by atoms with Crippen LogP contribution in [0.25, 0.3) is 0 Å². The molecule has 1 aliphatic carbocycles. The Hall–Kier alpha value is -1.24. The van der Waals surface area contributed by atoms with Crippen LogP contribution in [0.4, 0.5) is 5.69 Å². The zero-order valence-electron chi connectivity index (χ0n) is 11.8. The second-order valence-corrected chi connectivity index (χ2v) is 6.85. The zero-order valence-corrected chi connectivity index (χ0v) is 14.2. The summed E-state index contributed by atoms with van der Waals surface area (Å²) in [4.78, 5) is 12.0. The van der Waals surface area contributed by atoms with E-state index in [0.717, 1.165) is 23.8 Å². The van der Waals surface area contributed by atoms with E-state index in [1.807, 2.05) is 6.92 Å². The third-order valence-corrected chi connectivity index (χ3v) is 4.96. The molecule has 8 heteroatoms. The quantitative estimate of drug-likeness (QED) is 0.823. The molecular formula is C14H14Cl2N4OS. The molecule has 1 heterocycles. The molecule has 1 aromatic carbocycles. The van der Waals surface area contributed by atoms with Crippen molar-refractivity contribution in [3.05, 3.63) is 34.1 Å². The van der Waals surface area contributed by atoms with E-state index in [9.17, 15) is 4.79 Å². The first kappa shape index (κ1) is 15.6. The van der Waals surface area contributed by atoms with E-state index in [2.05, 4.69) is 20.1 Å². The highest BCUT2D eigenvalue weighted by atomic mass is 35.5. The lowest BCUT2D eigenvalue weighted by Gasteiger charge is -2.07. The Morgan fingerprint density at radius 1 is 1.36 bits per heavy atom. The minimum absolute atomic E-state index is 0.119. The Morgan fingerprint density at radius 2 is 2.14 bits per heavy atom. The maximum Gasteiger partial charge on any atom is 0.234 e. The summed E-state index contributed by atoms with van der Waals surface area (Å²) in [5.41, 5.74) is 0.625. The van der Waals surface area contributed by atoms with Gasteiger partial charge in [0.15, 0.2) is 5.16 Å². The molecule has 1 saturated carbocycles. The van der Waals surface area contributed by atoms with Gasteiger partial charge in [-0.1, -0.05) is 35.0 Å². The van der Waals surface area contributed by atoms with Gasteiger partial charge in [-0.2, -0.15) is 0 Å². The van der Waals surface area contributed by atoms with Crippen molar-refractivity contribution in [2.75, 3.05) is 11.1 Å². The average Bonchev–Trinajstić information content (AvgIpc) is 3.24. The van der Waals surface area contributed by atoms with Crippen LogP contribution in [0.1, 0.15) is 24.7 Å². The molecule has 0 atom stereocenters. The van der Waals surface area contributed by atoms with Crippen LogP contribution >= 0.6 is 35.0 Å². The summed E-state index contributed by atoms with van der Waals surface area (Å²) < 4.78 is 2.11. The minimum atomic E-state index is -0.119. The predicted octanol–water partition coefficient (Wildman–Crippen LogP) is 3.96. The van der Waals surface area contributed by atoms with Crippen LogP contribution in [0.3, 0.4) is 0 Å². The second-order valence-electron chi connectivity index (χ2n) is 5.10. The summed E-state index contributed by atoms with van der Waals surface area (Å²) in [7, 11) is 0. The van der Waals surface area contributed by atoms with Crippen LogP contribution in [0, 0.1) is 6.92 Å². The van der Waals surface area contributed by atoms with Gasteiger partial charge in [0.2, 0.25) is 5.91 Å². The molecule has 0 bridgehead atoms. The number of anilines is 1. The molecule has 22 heavy (non-hydrogen) atoms. The van der Waals surface area contributed by atoms with Crippen LogP contribution in [-0.2, 0) is 4.79 Å². The number of aryl methyl sites for hydroxylation is 1. The van der Waals surface area contributed by atoms with Gasteiger partial charge in [-0.3, -0.25) is 4.79 Å². The molecule has 2 aromatic rings. The van der Waals surface area contributed by atoms with Gasteiger partial charge in [0, 0.05) is 11.7 Å². The number of nitrogens with zero attached hydrogens (tertiary/aromatic N) is 3. The fourth-order valence-electron chi connectivity index (χ4n) is 2.10. The Bertz CT molecular complexity index is 715. The number of hydrogen-bond acceptors (Lipinski definition) is 4. The van der Waals surface area contributed by atoms with Crippen molar-refractivity contribution in [2.24, 2.45) is 0 Å². The third-order valence-electron chi connectivity index (χ3n) is 3.28. The van der Waals surface area contributed by atoms with Gasteiger partial charge in [0.1, 0.15) is 5.82 Å². The van der Waals surface area contributed by atoms with Crippen LogP contribution < -0.4 is 5.32 Å². The number of benzene rings is 1. The van der Waals surface area contributed by atoms with E-state index < -0.39 is 0 Å². The lowest BCUT2D eigenvalue weighted by molar-refractivity contribution is -0.113. The Morgan fingerprint density at radius 3 is 2.82 bits per heavy atom. The molecule has 0 spiro atoms. The van der Waals surface area contributed by atoms with E-state index in [-0.39, 0.29) is 11.7 Å². The van der Waals surface area contributed by atoms with Crippen molar-refractivity contribution in [1.82, 2.24) is 14.8 Å². The average molecular weight is 357 g/mol. The largest absolute Gasteiger partial charge is 0.325 e. The van der Waals surface area contributed by atoms with Gasteiger partial charge in [0.25, 0.3) is 0 Å². The standard InChI is InChI=1S/C14H14Cl2N4OS/c1-8-18-19-14(20(8)10-3-4-10)22-7-13(21)17-9-2-5-11(15)12(16)6-9/h2,5-6,10H,3-4,7H2,1H3,(H,17,21). The first-order valence-electron chi connectivity index (χ1n) is 6.84. The van der Waals surface area contributed by atoms with Crippen molar-refractivity contribution in [3.8, 4) is 0 Å². The van der Waals surface area contributed by atoms with E-state index >= 15 is 0 Å². The van der Waals surface area contributed by atoms with Gasteiger partial charge < -0.3 is 9.88 Å². The zero-order chi connectivity index (χ0) is 15.7. The summed E-state index contributed by atoms with van der Waals surface area (Å²) in [6.45, 7) is 1.94. The Labute approximate surface area is 142 Å². The van der Waals surface area contributed by atoms with Gasteiger partial charge in [0.05, 0.1) is 15.8 Å². The summed E-state index contributed by atoms with van der Waals surface area (Å²) in [5, 5.41) is 12.7. The summed E-state index contributed by atoms with van der Waals surface area (Å²) in [5.74, 6) is 1.05. The second kappa shape index (κ2) is 6.48. The molecule has 0 saturated heterocycles. The number of aromatic nitrogens is 3. The van der Waals surface area contributed by atoms with Crippen molar-refractivity contribution in [1.29, 1.82) is 0 Å². The molecule has 0 unspecified atom stereocenters. The predicted molar refractivity (Wildman–Crippen MR) is 88.8 cm³/mol. The van der Waals surface area contributed by atoms with E-state index in [4.69, 9.17) is 23.2 Å². The molecule has 0 aliphatic heterocycles. The maximum absolute atomic E-state index is 12.0. The van der Waals surface area contributed by atoms with E-state index in [1.54, 1.807) is 18.2 Å².